The predicted molar refractivity (Wildman–Crippen MR) is 55.4 cm³/mol. The second-order valence-corrected chi connectivity index (χ2v) is 3.51. The Labute approximate surface area is 79.6 Å². The van der Waals surface area contributed by atoms with Crippen LogP contribution in [0.3, 0.4) is 0 Å². The summed E-state index contributed by atoms with van der Waals surface area (Å²) in [6.07, 6.45) is 7.57. The Morgan fingerprint density at radius 3 is 3.00 bits per heavy atom. The van der Waals surface area contributed by atoms with Crippen molar-refractivity contribution in [2.45, 2.75) is 13.8 Å². The van der Waals surface area contributed by atoms with Crippen molar-refractivity contribution in [3.05, 3.63) is 30.2 Å². The maximum absolute atomic E-state index is 4.94. The molecule has 1 heterocycles. The smallest absolute Gasteiger partial charge is 0.0974 e. The maximum atomic E-state index is 4.94. The van der Waals surface area contributed by atoms with Crippen LogP contribution in [0.5, 0.6) is 0 Å². The zero-order chi connectivity index (χ0) is 9.52. The van der Waals surface area contributed by atoms with Crippen LogP contribution >= 0.6 is 0 Å². The number of nitrogens with one attached hydrogen (secondary N) is 1. The molecule has 0 radical (unpaired) electrons. The van der Waals surface area contributed by atoms with Gasteiger partial charge in [0, 0.05) is 12.1 Å². The van der Waals surface area contributed by atoms with E-state index in [4.69, 9.17) is 4.42 Å². The Kier molecular flexibility index (Phi) is 4.33. The van der Waals surface area contributed by atoms with E-state index in [1.54, 1.807) is 12.5 Å². The molecule has 2 heteroatoms. The maximum Gasteiger partial charge on any atom is 0.0974 e. The largest absolute Gasteiger partial charge is 0.472 e. The Balaban J connectivity index is 2.12. The van der Waals surface area contributed by atoms with Crippen molar-refractivity contribution in [1.82, 2.24) is 5.32 Å². The van der Waals surface area contributed by atoms with Crippen LogP contribution < -0.4 is 5.32 Å². The molecule has 0 aliphatic carbocycles. The Bertz CT molecular complexity index is 237. The molecule has 1 N–H and O–H groups in total. The van der Waals surface area contributed by atoms with Crippen molar-refractivity contribution in [3.8, 4) is 0 Å². The summed E-state index contributed by atoms with van der Waals surface area (Å²) in [5.74, 6) is 0.710. The van der Waals surface area contributed by atoms with E-state index in [9.17, 15) is 0 Å². The van der Waals surface area contributed by atoms with E-state index < -0.39 is 0 Å². The monoisotopic (exact) mass is 179 g/mol. The fourth-order valence-corrected chi connectivity index (χ4v) is 1.02. The molecule has 1 aromatic rings. The summed E-state index contributed by atoms with van der Waals surface area (Å²) in [6.45, 7) is 6.39. The summed E-state index contributed by atoms with van der Waals surface area (Å²) < 4.78 is 4.94. The SMILES string of the molecule is CC(C)CNCC=Cc1ccoc1. The summed E-state index contributed by atoms with van der Waals surface area (Å²) in [7, 11) is 0. The summed E-state index contributed by atoms with van der Waals surface area (Å²) in [5, 5.41) is 3.33. The lowest BCUT2D eigenvalue weighted by Gasteiger charge is -2.03. The van der Waals surface area contributed by atoms with Gasteiger partial charge in [0.2, 0.25) is 0 Å². The van der Waals surface area contributed by atoms with Gasteiger partial charge in [-0.1, -0.05) is 26.0 Å². The standard InChI is InChI=1S/C11H17NO/c1-10(2)8-12-6-3-4-11-5-7-13-9-11/h3-5,7,9-10,12H,6,8H2,1-2H3. The third kappa shape index (κ3) is 4.53. The number of hydrogen-bond donors (Lipinski definition) is 1. The minimum Gasteiger partial charge on any atom is -0.472 e. The molecule has 0 saturated heterocycles. The van der Waals surface area contributed by atoms with Crippen LogP contribution in [0.15, 0.2) is 29.1 Å². The molecule has 0 aliphatic heterocycles. The van der Waals surface area contributed by atoms with Gasteiger partial charge in [0.1, 0.15) is 0 Å². The minimum absolute atomic E-state index is 0.710. The van der Waals surface area contributed by atoms with Gasteiger partial charge in [-0.2, -0.15) is 0 Å². The normalized spacial score (nSPS) is 11.6. The highest BCUT2D eigenvalue weighted by Gasteiger charge is 1.89. The molecule has 1 aromatic heterocycles. The average molecular weight is 179 g/mol. The topological polar surface area (TPSA) is 25.2 Å². The third-order valence-corrected chi connectivity index (χ3v) is 1.67. The molecular weight excluding hydrogens is 162 g/mol. The van der Waals surface area contributed by atoms with E-state index in [0.717, 1.165) is 18.7 Å². The fourth-order valence-electron chi connectivity index (χ4n) is 1.02. The van der Waals surface area contributed by atoms with Gasteiger partial charge >= 0.3 is 0 Å². The third-order valence-electron chi connectivity index (χ3n) is 1.67. The first-order valence-electron chi connectivity index (χ1n) is 4.68. The lowest BCUT2D eigenvalue weighted by Crippen LogP contribution is -2.19. The van der Waals surface area contributed by atoms with Crippen LogP contribution in [0.4, 0.5) is 0 Å². The van der Waals surface area contributed by atoms with Gasteiger partial charge in [0.05, 0.1) is 12.5 Å². The van der Waals surface area contributed by atoms with Crippen molar-refractivity contribution in [2.24, 2.45) is 5.92 Å². The first kappa shape index (κ1) is 10.1. The van der Waals surface area contributed by atoms with E-state index >= 15 is 0 Å². The van der Waals surface area contributed by atoms with Crippen LogP contribution in [0, 0.1) is 5.92 Å². The van der Waals surface area contributed by atoms with Gasteiger partial charge in [-0.3, -0.25) is 0 Å². The molecule has 2 nitrogen and oxygen atoms in total. The lowest BCUT2D eigenvalue weighted by atomic mass is 10.2. The van der Waals surface area contributed by atoms with Crippen molar-refractivity contribution in [2.75, 3.05) is 13.1 Å². The Hall–Kier alpha value is -1.02. The van der Waals surface area contributed by atoms with Gasteiger partial charge in [0.25, 0.3) is 0 Å². The molecule has 1 rings (SSSR count). The van der Waals surface area contributed by atoms with Gasteiger partial charge in [-0.25, -0.2) is 0 Å². The number of rotatable bonds is 5. The highest BCUT2D eigenvalue weighted by atomic mass is 16.3. The molecule has 72 valence electrons. The van der Waals surface area contributed by atoms with E-state index in [1.165, 1.54) is 0 Å². The lowest BCUT2D eigenvalue weighted by molar-refractivity contribution is 0.566. The first-order chi connectivity index (χ1) is 6.29. The molecule has 0 aromatic carbocycles. The van der Waals surface area contributed by atoms with Gasteiger partial charge in [0.15, 0.2) is 0 Å². The summed E-state index contributed by atoms with van der Waals surface area (Å²) >= 11 is 0. The van der Waals surface area contributed by atoms with Crippen LogP contribution in [-0.2, 0) is 0 Å². The molecule has 0 saturated carbocycles. The van der Waals surface area contributed by atoms with E-state index in [-0.39, 0.29) is 0 Å². The van der Waals surface area contributed by atoms with Gasteiger partial charge < -0.3 is 9.73 Å². The van der Waals surface area contributed by atoms with Crippen molar-refractivity contribution in [3.63, 3.8) is 0 Å². The van der Waals surface area contributed by atoms with Gasteiger partial charge in [-0.15, -0.1) is 0 Å². The van der Waals surface area contributed by atoms with Crippen LogP contribution in [0.2, 0.25) is 0 Å². The molecule has 0 fully saturated rings. The van der Waals surface area contributed by atoms with Crippen molar-refractivity contribution >= 4 is 6.08 Å². The van der Waals surface area contributed by atoms with E-state index in [0.29, 0.717) is 5.92 Å². The second-order valence-electron chi connectivity index (χ2n) is 3.51. The Morgan fingerprint density at radius 2 is 2.38 bits per heavy atom. The number of hydrogen-bond acceptors (Lipinski definition) is 2. The molecule has 0 spiro atoms. The molecule has 0 amide bonds. The number of furan rings is 1. The minimum atomic E-state index is 0.710. The van der Waals surface area contributed by atoms with Crippen molar-refractivity contribution in [1.29, 1.82) is 0 Å². The fraction of sp³-hybridized carbons (Fsp3) is 0.455. The van der Waals surface area contributed by atoms with Crippen LogP contribution in [0.1, 0.15) is 19.4 Å². The molecule has 0 atom stereocenters. The van der Waals surface area contributed by atoms with E-state index in [1.807, 2.05) is 6.07 Å². The van der Waals surface area contributed by atoms with Crippen LogP contribution in [0.25, 0.3) is 6.08 Å². The summed E-state index contributed by atoms with van der Waals surface area (Å²) in [5.41, 5.74) is 1.12. The Morgan fingerprint density at radius 1 is 1.54 bits per heavy atom. The summed E-state index contributed by atoms with van der Waals surface area (Å²) in [6, 6.07) is 1.94. The van der Waals surface area contributed by atoms with E-state index in [2.05, 4.69) is 31.3 Å². The zero-order valence-corrected chi connectivity index (χ0v) is 8.29. The highest BCUT2D eigenvalue weighted by Crippen LogP contribution is 2.01. The molecule has 0 aliphatic rings. The average Bonchev–Trinajstić information content (AvgIpc) is 2.55. The zero-order valence-electron chi connectivity index (χ0n) is 8.29. The molecular formula is C11H17NO. The summed E-state index contributed by atoms with van der Waals surface area (Å²) in [4.78, 5) is 0. The molecule has 13 heavy (non-hydrogen) atoms. The van der Waals surface area contributed by atoms with Crippen LogP contribution in [-0.4, -0.2) is 13.1 Å². The van der Waals surface area contributed by atoms with Crippen molar-refractivity contribution < 1.29 is 4.42 Å². The quantitative estimate of drug-likeness (QED) is 0.703. The highest BCUT2D eigenvalue weighted by molar-refractivity contribution is 5.46. The van der Waals surface area contributed by atoms with Gasteiger partial charge in [-0.05, 0) is 18.5 Å². The predicted octanol–water partition coefficient (Wildman–Crippen LogP) is 2.54. The first-order valence-corrected chi connectivity index (χ1v) is 4.68. The molecule has 0 bridgehead atoms. The molecule has 0 unspecified atom stereocenters. The second kappa shape index (κ2) is 5.60.